The summed E-state index contributed by atoms with van der Waals surface area (Å²) < 4.78 is 30.7. The Hall–Kier alpha value is -2.80. The Kier molecular flexibility index (Phi) is 6.71. The maximum absolute atomic E-state index is 12.0. The minimum atomic E-state index is -3.17. The summed E-state index contributed by atoms with van der Waals surface area (Å²) in [6.07, 6.45) is 4.72. The number of nitrogens with zero attached hydrogens (tertiary/aromatic N) is 1. The van der Waals surface area contributed by atoms with Gasteiger partial charge in [-0.05, 0) is 36.1 Å². The summed E-state index contributed by atoms with van der Waals surface area (Å²) in [4.78, 5) is 11.7. The van der Waals surface area contributed by atoms with E-state index in [1.54, 1.807) is 0 Å². The second-order valence-electron chi connectivity index (χ2n) is 6.52. The number of nitrogens with one attached hydrogen (secondary N) is 1. The van der Waals surface area contributed by atoms with Crippen LogP contribution < -0.4 is 9.62 Å². The lowest BCUT2D eigenvalue weighted by Gasteiger charge is -2.17. The number of carbonyl (C=O) groups is 1. The third-order valence-corrected chi connectivity index (χ3v) is 6.23. The van der Waals surface area contributed by atoms with Crippen LogP contribution in [0, 0.1) is 0 Å². The Bertz CT molecular complexity index is 926. The minimum absolute atomic E-state index is 0.207. The average Bonchev–Trinajstić information content (AvgIpc) is 3.06. The third kappa shape index (κ3) is 5.60. The summed E-state index contributed by atoms with van der Waals surface area (Å²) in [7, 11) is -3.17. The maximum atomic E-state index is 12.0. The molecule has 1 saturated heterocycles. The molecular weight excluding hydrogens is 376 g/mol. The Balaban J connectivity index is 1.42. The summed E-state index contributed by atoms with van der Waals surface area (Å²) in [5.41, 5.74) is 2.56. The zero-order valence-corrected chi connectivity index (χ0v) is 16.4. The molecule has 0 atom stereocenters. The van der Waals surface area contributed by atoms with Gasteiger partial charge in [0.05, 0.1) is 11.4 Å². The van der Waals surface area contributed by atoms with Crippen LogP contribution in [-0.4, -0.2) is 33.4 Å². The Morgan fingerprint density at radius 3 is 2.71 bits per heavy atom. The number of alkyl carbamates (subject to hydrolysis) is 1. The van der Waals surface area contributed by atoms with Crippen LogP contribution in [0.1, 0.15) is 24.0 Å². The molecule has 0 aliphatic carbocycles. The molecule has 1 aliphatic rings. The van der Waals surface area contributed by atoms with Gasteiger partial charge < -0.3 is 10.1 Å². The van der Waals surface area contributed by atoms with Gasteiger partial charge in [-0.15, -0.1) is 0 Å². The Morgan fingerprint density at radius 2 is 1.96 bits per heavy atom. The molecule has 0 unspecified atom stereocenters. The number of ether oxygens (including phenoxy) is 1. The number of benzene rings is 2. The zero-order chi connectivity index (χ0) is 19.8. The number of hydrogen-bond acceptors (Lipinski definition) is 4. The lowest BCUT2D eigenvalue weighted by molar-refractivity contribution is 0.140. The second-order valence-corrected chi connectivity index (χ2v) is 8.53. The average molecular weight is 401 g/mol. The van der Waals surface area contributed by atoms with Gasteiger partial charge in [-0.25, -0.2) is 13.2 Å². The van der Waals surface area contributed by atoms with Gasteiger partial charge in [-0.1, -0.05) is 54.6 Å². The maximum Gasteiger partial charge on any atom is 0.407 e. The van der Waals surface area contributed by atoms with Gasteiger partial charge in [0, 0.05) is 13.1 Å². The topological polar surface area (TPSA) is 75.7 Å². The van der Waals surface area contributed by atoms with Gasteiger partial charge in [0.1, 0.15) is 6.61 Å². The van der Waals surface area contributed by atoms with E-state index in [-0.39, 0.29) is 12.4 Å². The van der Waals surface area contributed by atoms with Crippen molar-refractivity contribution in [1.29, 1.82) is 0 Å². The summed E-state index contributed by atoms with van der Waals surface area (Å²) in [6.45, 7) is 1.24. The molecule has 0 aromatic heterocycles. The molecule has 0 bridgehead atoms. The standard InChI is InChI=1S/C21H24N2O4S/c24-21(27-17-19-9-2-1-3-10-19)22-13-5-4-8-18-11-6-12-20(16-18)23-14-7-15-28(23,25)26/h1-4,6,8-12,16H,5,7,13-15,17H2,(H,22,24). The van der Waals surface area contributed by atoms with Gasteiger partial charge in [0.25, 0.3) is 0 Å². The number of anilines is 1. The molecule has 1 aliphatic heterocycles. The molecule has 0 saturated carbocycles. The number of sulfonamides is 1. The van der Waals surface area contributed by atoms with Crippen molar-refractivity contribution in [1.82, 2.24) is 5.32 Å². The van der Waals surface area contributed by atoms with Crippen molar-refractivity contribution >= 4 is 27.9 Å². The van der Waals surface area contributed by atoms with Gasteiger partial charge in [0.15, 0.2) is 0 Å². The largest absolute Gasteiger partial charge is 0.445 e. The molecule has 1 fully saturated rings. The summed E-state index contributed by atoms with van der Waals surface area (Å²) >= 11 is 0. The smallest absolute Gasteiger partial charge is 0.407 e. The summed E-state index contributed by atoms with van der Waals surface area (Å²) in [5, 5.41) is 2.71. The van der Waals surface area contributed by atoms with Gasteiger partial charge in [-0.3, -0.25) is 4.31 Å². The van der Waals surface area contributed by atoms with Crippen molar-refractivity contribution in [2.24, 2.45) is 0 Å². The lowest BCUT2D eigenvalue weighted by atomic mass is 10.1. The number of hydrogen-bond donors (Lipinski definition) is 1. The lowest BCUT2D eigenvalue weighted by Crippen LogP contribution is -2.25. The van der Waals surface area contributed by atoms with E-state index in [1.807, 2.05) is 66.7 Å². The molecule has 2 aromatic carbocycles. The van der Waals surface area contributed by atoms with Crippen molar-refractivity contribution in [3.63, 3.8) is 0 Å². The summed E-state index contributed by atoms with van der Waals surface area (Å²) in [5.74, 6) is 0.207. The van der Waals surface area contributed by atoms with E-state index >= 15 is 0 Å². The fourth-order valence-corrected chi connectivity index (χ4v) is 4.52. The van der Waals surface area contributed by atoms with E-state index in [0.29, 0.717) is 31.6 Å². The highest BCUT2D eigenvalue weighted by Crippen LogP contribution is 2.25. The highest BCUT2D eigenvalue weighted by molar-refractivity contribution is 7.93. The summed E-state index contributed by atoms with van der Waals surface area (Å²) in [6, 6.07) is 17.0. The van der Waals surface area contributed by atoms with E-state index in [2.05, 4.69) is 5.32 Å². The molecule has 3 rings (SSSR count). The highest BCUT2D eigenvalue weighted by Gasteiger charge is 2.28. The van der Waals surface area contributed by atoms with E-state index in [4.69, 9.17) is 4.74 Å². The number of amides is 1. The van der Waals surface area contributed by atoms with Crippen molar-refractivity contribution in [2.45, 2.75) is 19.4 Å². The first kappa shape index (κ1) is 19.9. The molecule has 28 heavy (non-hydrogen) atoms. The van der Waals surface area contributed by atoms with E-state index in [9.17, 15) is 13.2 Å². The SMILES string of the molecule is O=C(NCCC=Cc1cccc(N2CCCS2(=O)=O)c1)OCc1ccccc1. The second kappa shape index (κ2) is 9.41. The number of rotatable bonds is 7. The van der Waals surface area contributed by atoms with E-state index in [1.165, 1.54) is 4.31 Å². The number of carbonyl (C=O) groups excluding carboxylic acids is 1. The molecule has 1 heterocycles. The first-order valence-corrected chi connectivity index (χ1v) is 10.9. The zero-order valence-electron chi connectivity index (χ0n) is 15.6. The molecule has 7 heteroatoms. The first-order valence-electron chi connectivity index (χ1n) is 9.26. The van der Waals surface area contributed by atoms with E-state index < -0.39 is 16.1 Å². The van der Waals surface area contributed by atoms with Crippen LogP contribution in [0.15, 0.2) is 60.7 Å². The Morgan fingerprint density at radius 1 is 1.14 bits per heavy atom. The van der Waals surface area contributed by atoms with Crippen LogP contribution in [-0.2, 0) is 21.4 Å². The van der Waals surface area contributed by atoms with Crippen LogP contribution >= 0.6 is 0 Å². The van der Waals surface area contributed by atoms with Crippen LogP contribution in [0.4, 0.5) is 10.5 Å². The quantitative estimate of drug-likeness (QED) is 0.721. The highest BCUT2D eigenvalue weighted by atomic mass is 32.2. The van der Waals surface area contributed by atoms with Crippen molar-refractivity contribution in [3.05, 3.63) is 71.8 Å². The van der Waals surface area contributed by atoms with Crippen LogP contribution in [0.3, 0.4) is 0 Å². The van der Waals surface area contributed by atoms with E-state index in [0.717, 1.165) is 11.1 Å². The van der Waals surface area contributed by atoms with Crippen molar-refractivity contribution < 1.29 is 17.9 Å². The predicted molar refractivity (Wildman–Crippen MR) is 110 cm³/mol. The monoisotopic (exact) mass is 400 g/mol. The molecule has 0 radical (unpaired) electrons. The fraction of sp³-hybridized carbons (Fsp3) is 0.286. The normalized spacial score (nSPS) is 15.6. The third-order valence-electron chi connectivity index (χ3n) is 4.36. The van der Waals surface area contributed by atoms with Crippen LogP contribution in [0.5, 0.6) is 0 Å². The van der Waals surface area contributed by atoms with Crippen molar-refractivity contribution in [2.75, 3.05) is 23.1 Å². The van der Waals surface area contributed by atoms with Gasteiger partial charge in [0.2, 0.25) is 10.0 Å². The first-order chi connectivity index (χ1) is 13.5. The molecular formula is C21H24N2O4S. The molecule has 6 nitrogen and oxygen atoms in total. The minimum Gasteiger partial charge on any atom is -0.445 e. The molecule has 0 spiro atoms. The molecule has 2 aromatic rings. The Labute approximate surface area is 165 Å². The fourth-order valence-electron chi connectivity index (χ4n) is 2.96. The predicted octanol–water partition coefficient (Wildman–Crippen LogP) is 3.56. The molecule has 148 valence electrons. The van der Waals surface area contributed by atoms with Gasteiger partial charge >= 0.3 is 6.09 Å². The molecule has 1 amide bonds. The van der Waals surface area contributed by atoms with Gasteiger partial charge in [-0.2, -0.15) is 0 Å². The molecule has 1 N–H and O–H groups in total. The van der Waals surface area contributed by atoms with Crippen LogP contribution in [0.2, 0.25) is 0 Å². The van der Waals surface area contributed by atoms with Crippen LogP contribution in [0.25, 0.3) is 6.08 Å². The van der Waals surface area contributed by atoms with Crippen molar-refractivity contribution in [3.8, 4) is 0 Å².